The number of aryl methyl sites for hydroxylation is 1. The second-order valence-electron chi connectivity index (χ2n) is 7.32. The van der Waals surface area contributed by atoms with E-state index in [0.717, 1.165) is 15.8 Å². The number of amides is 2. The highest BCUT2D eigenvalue weighted by Gasteiger charge is 2.42. The van der Waals surface area contributed by atoms with E-state index in [4.69, 9.17) is 0 Å². The first kappa shape index (κ1) is 18.5. The van der Waals surface area contributed by atoms with Gasteiger partial charge in [-0.05, 0) is 24.6 Å². The lowest BCUT2D eigenvalue weighted by Crippen LogP contribution is -2.30. The Morgan fingerprint density at radius 3 is 2.57 bits per heavy atom. The molecule has 8 heteroatoms. The van der Waals surface area contributed by atoms with Gasteiger partial charge in [0.05, 0.1) is 28.2 Å². The molecule has 4 aromatic rings. The van der Waals surface area contributed by atoms with Crippen molar-refractivity contribution in [1.82, 2.24) is 19.7 Å². The minimum Gasteiger partial charge on any atom is -0.293 e. The molecular weight excluding hydrogens is 400 g/mol. The summed E-state index contributed by atoms with van der Waals surface area (Å²) in [7, 11) is 0. The third kappa shape index (κ3) is 2.96. The molecule has 0 radical (unpaired) electrons. The number of carbonyl (C=O) groups excluding carboxylic acids is 2. The van der Waals surface area contributed by atoms with E-state index < -0.39 is 5.92 Å². The van der Waals surface area contributed by atoms with Gasteiger partial charge in [-0.3, -0.25) is 24.4 Å². The minimum absolute atomic E-state index is 0.000551. The average molecular weight is 418 g/mol. The van der Waals surface area contributed by atoms with Crippen molar-refractivity contribution in [2.45, 2.75) is 25.8 Å². The van der Waals surface area contributed by atoms with Crippen molar-refractivity contribution >= 4 is 33.4 Å². The van der Waals surface area contributed by atoms with Crippen LogP contribution in [0.4, 0.5) is 0 Å². The standard InChI is InChI=1S/C22H18N4O3S/c1-13-19(15-11-18(27)25(20(15)28)12-14-7-3-2-4-8-14)21(29)26(24-13)22-23-16-9-5-6-10-17(16)30-22/h2-10,15,24H,11-12H2,1H3/t15-/m1/s1. The summed E-state index contributed by atoms with van der Waals surface area (Å²) in [5.41, 5.74) is 2.26. The quantitative estimate of drug-likeness (QED) is 0.516. The van der Waals surface area contributed by atoms with Crippen LogP contribution in [0.15, 0.2) is 59.4 Å². The zero-order chi connectivity index (χ0) is 20.8. The number of aromatic amines is 1. The first-order valence-corrected chi connectivity index (χ1v) is 10.4. The fourth-order valence-electron chi connectivity index (χ4n) is 3.90. The fourth-order valence-corrected chi connectivity index (χ4v) is 4.83. The van der Waals surface area contributed by atoms with Gasteiger partial charge in [-0.1, -0.05) is 53.8 Å². The van der Waals surface area contributed by atoms with Crippen LogP contribution in [0.1, 0.15) is 29.2 Å². The number of H-pyrrole nitrogens is 1. The first-order valence-electron chi connectivity index (χ1n) is 9.58. The van der Waals surface area contributed by atoms with Crippen LogP contribution in [0.3, 0.4) is 0 Å². The number of hydrogen-bond donors (Lipinski definition) is 1. The number of benzene rings is 2. The lowest BCUT2D eigenvalue weighted by Gasteiger charge is -2.14. The number of hydrogen-bond acceptors (Lipinski definition) is 5. The fraction of sp³-hybridized carbons (Fsp3) is 0.182. The molecule has 5 rings (SSSR count). The number of rotatable bonds is 4. The molecule has 1 aliphatic rings. The molecule has 150 valence electrons. The molecule has 3 heterocycles. The Balaban J connectivity index is 1.50. The molecule has 1 atom stereocenters. The number of aromatic nitrogens is 3. The van der Waals surface area contributed by atoms with E-state index in [1.165, 1.54) is 20.9 Å². The maximum atomic E-state index is 13.2. The van der Waals surface area contributed by atoms with E-state index in [1.807, 2.05) is 54.6 Å². The highest BCUT2D eigenvalue weighted by Crippen LogP contribution is 2.31. The average Bonchev–Trinajstić information content (AvgIpc) is 3.38. The Bertz CT molecular complexity index is 1300. The van der Waals surface area contributed by atoms with Crippen LogP contribution in [0.2, 0.25) is 0 Å². The van der Waals surface area contributed by atoms with E-state index in [2.05, 4.69) is 10.1 Å². The summed E-state index contributed by atoms with van der Waals surface area (Å²) in [5.74, 6) is -1.37. The number of likely N-dealkylation sites (tertiary alicyclic amines) is 1. The van der Waals surface area contributed by atoms with Crippen molar-refractivity contribution in [3.8, 4) is 5.13 Å². The molecule has 0 bridgehead atoms. The second-order valence-corrected chi connectivity index (χ2v) is 8.32. The summed E-state index contributed by atoms with van der Waals surface area (Å²) in [4.78, 5) is 44.6. The highest BCUT2D eigenvalue weighted by atomic mass is 32.1. The van der Waals surface area contributed by atoms with Gasteiger partial charge in [-0.25, -0.2) is 4.98 Å². The van der Waals surface area contributed by atoms with E-state index in [0.29, 0.717) is 16.4 Å². The van der Waals surface area contributed by atoms with E-state index in [1.54, 1.807) is 6.92 Å². The van der Waals surface area contributed by atoms with Gasteiger partial charge in [0.2, 0.25) is 16.9 Å². The van der Waals surface area contributed by atoms with Gasteiger partial charge in [-0.2, -0.15) is 4.68 Å². The van der Waals surface area contributed by atoms with Crippen molar-refractivity contribution in [3.05, 3.63) is 81.8 Å². The molecular formula is C22H18N4O3S. The number of para-hydroxylation sites is 1. The van der Waals surface area contributed by atoms with Crippen molar-refractivity contribution in [3.63, 3.8) is 0 Å². The monoisotopic (exact) mass is 418 g/mol. The molecule has 0 spiro atoms. The van der Waals surface area contributed by atoms with Gasteiger partial charge in [0, 0.05) is 12.1 Å². The normalized spacial score (nSPS) is 16.7. The van der Waals surface area contributed by atoms with Gasteiger partial charge in [0.1, 0.15) is 0 Å². The van der Waals surface area contributed by atoms with Crippen LogP contribution in [-0.2, 0) is 16.1 Å². The van der Waals surface area contributed by atoms with Crippen molar-refractivity contribution in [1.29, 1.82) is 0 Å². The SMILES string of the molecule is Cc1[nH]n(-c2nc3ccccc3s2)c(=O)c1[C@H]1CC(=O)N(Cc2ccccc2)C1=O. The number of imide groups is 1. The largest absolute Gasteiger partial charge is 0.293 e. The Labute approximate surface area is 175 Å². The van der Waals surface area contributed by atoms with Gasteiger partial charge < -0.3 is 0 Å². The van der Waals surface area contributed by atoms with E-state index >= 15 is 0 Å². The molecule has 1 aliphatic heterocycles. The third-order valence-electron chi connectivity index (χ3n) is 5.37. The summed E-state index contributed by atoms with van der Waals surface area (Å²) in [5, 5.41) is 3.54. The molecule has 0 saturated carbocycles. The van der Waals surface area contributed by atoms with Gasteiger partial charge in [-0.15, -0.1) is 0 Å². The number of nitrogens with one attached hydrogen (secondary N) is 1. The molecule has 2 aromatic carbocycles. The summed E-state index contributed by atoms with van der Waals surface area (Å²) in [6.45, 7) is 1.96. The van der Waals surface area contributed by atoms with E-state index in [-0.39, 0.29) is 30.3 Å². The summed E-state index contributed by atoms with van der Waals surface area (Å²) < 4.78 is 2.34. The first-order chi connectivity index (χ1) is 14.5. The molecule has 1 fully saturated rings. The maximum absolute atomic E-state index is 13.2. The summed E-state index contributed by atoms with van der Waals surface area (Å²) in [6, 6.07) is 17.0. The summed E-state index contributed by atoms with van der Waals surface area (Å²) >= 11 is 1.39. The molecule has 2 aromatic heterocycles. The maximum Gasteiger partial charge on any atom is 0.277 e. The molecule has 1 saturated heterocycles. The third-order valence-corrected chi connectivity index (χ3v) is 6.39. The Morgan fingerprint density at radius 2 is 1.80 bits per heavy atom. The number of nitrogens with zero attached hydrogens (tertiary/aromatic N) is 3. The van der Waals surface area contributed by atoms with E-state index in [9.17, 15) is 14.4 Å². The zero-order valence-electron chi connectivity index (χ0n) is 16.2. The Morgan fingerprint density at radius 1 is 1.07 bits per heavy atom. The molecule has 0 aliphatic carbocycles. The van der Waals surface area contributed by atoms with Crippen LogP contribution in [0, 0.1) is 6.92 Å². The van der Waals surface area contributed by atoms with Gasteiger partial charge in [0.25, 0.3) is 5.56 Å². The van der Waals surface area contributed by atoms with Crippen LogP contribution in [0.25, 0.3) is 15.3 Å². The Kier molecular flexibility index (Phi) is 4.36. The predicted octanol–water partition coefficient (Wildman–Crippen LogP) is 3.13. The lowest BCUT2D eigenvalue weighted by atomic mass is 9.98. The van der Waals surface area contributed by atoms with Crippen LogP contribution >= 0.6 is 11.3 Å². The number of carbonyl (C=O) groups is 2. The van der Waals surface area contributed by atoms with Crippen molar-refractivity contribution in [2.75, 3.05) is 0 Å². The second kappa shape index (κ2) is 7.07. The van der Waals surface area contributed by atoms with Crippen molar-refractivity contribution in [2.24, 2.45) is 0 Å². The van der Waals surface area contributed by atoms with Crippen LogP contribution < -0.4 is 5.56 Å². The molecule has 7 nitrogen and oxygen atoms in total. The van der Waals surface area contributed by atoms with Crippen LogP contribution in [0.5, 0.6) is 0 Å². The predicted molar refractivity (Wildman–Crippen MR) is 114 cm³/mol. The van der Waals surface area contributed by atoms with Crippen LogP contribution in [-0.4, -0.2) is 31.5 Å². The minimum atomic E-state index is -0.777. The topological polar surface area (TPSA) is 88.1 Å². The number of thiazole rings is 1. The highest BCUT2D eigenvalue weighted by molar-refractivity contribution is 7.20. The molecule has 1 N–H and O–H groups in total. The Hall–Kier alpha value is -3.52. The smallest absolute Gasteiger partial charge is 0.277 e. The van der Waals surface area contributed by atoms with Crippen molar-refractivity contribution < 1.29 is 9.59 Å². The zero-order valence-corrected chi connectivity index (χ0v) is 17.0. The van der Waals surface area contributed by atoms with Gasteiger partial charge in [0.15, 0.2) is 0 Å². The molecule has 2 amide bonds. The molecule has 0 unspecified atom stereocenters. The number of fused-ring (bicyclic) bond motifs is 1. The lowest BCUT2D eigenvalue weighted by molar-refractivity contribution is -0.139. The molecule has 30 heavy (non-hydrogen) atoms. The van der Waals surface area contributed by atoms with Gasteiger partial charge >= 0.3 is 0 Å². The summed E-state index contributed by atoms with van der Waals surface area (Å²) in [6.07, 6.45) is -0.000551.